The molecule has 0 unspecified atom stereocenters. The van der Waals surface area contributed by atoms with Crippen molar-refractivity contribution in [3.05, 3.63) is 30.1 Å². The Morgan fingerprint density at radius 2 is 2.03 bits per heavy atom. The number of rotatable bonds is 9. The molecule has 12 heteroatoms. The van der Waals surface area contributed by atoms with E-state index < -0.39 is 43.2 Å². The van der Waals surface area contributed by atoms with Gasteiger partial charge in [-0.15, -0.1) is 0 Å². The lowest BCUT2D eigenvalue weighted by Crippen LogP contribution is -2.51. The first-order valence-electron chi connectivity index (χ1n) is 9.67. The number of nitrogens with zero attached hydrogens (tertiary/aromatic N) is 1. The lowest BCUT2D eigenvalue weighted by molar-refractivity contribution is -0.145. The lowest BCUT2D eigenvalue weighted by atomic mass is 9.87. The van der Waals surface area contributed by atoms with Crippen molar-refractivity contribution in [2.45, 2.75) is 45.9 Å². The molecule has 2 heterocycles. The maximum Gasteiger partial charge on any atom is 0.407 e. The Labute approximate surface area is 183 Å². The molecule has 0 radical (unpaired) electrons. The Morgan fingerprint density at radius 3 is 2.68 bits per heavy atom. The molecule has 1 fully saturated rings. The minimum atomic E-state index is -3.93. The minimum absolute atomic E-state index is 0. The van der Waals surface area contributed by atoms with Crippen LogP contribution in [0.1, 0.15) is 35.6 Å². The summed E-state index contributed by atoms with van der Waals surface area (Å²) in [7, 11) is -2.74. The van der Waals surface area contributed by atoms with E-state index in [9.17, 15) is 18.9 Å². The Balaban J connectivity index is 0.00000512. The third-order valence-electron chi connectivity index (χ3n) is 4.48. The van der Waals surface area contributed by atoms with Gasteiger partial charge in [0.1, 0.15) is 12.6 Å². The Hall–Kier alpha value is -2.33. The summed E-state index contributed by atoms with van der Waals surface area (Å²) < 4.78 is 33.3. The van der Waals surface area contributed by atoms with E-state index in [0.29, 0.717) is 0 Å². The molecule has 3 atom stereocenters. The van der Waals surface area contributed by atoms with E-state index in [4.69, 9.17) is 13.8 Å². The second-order valence-corrected chi connectivity index (χ2v) is 9.40. The zero-order chi connectivity index (χ0) is 23.1. The summed E-state index contributed by atoms with van der Waals surface area (Å²) in [6.07, 6.45) is 2.02. The van der Waals surface area contributed by atoms with Crippen molar-refractivity contribution in [1.29, 1.82) is 0 Å². The normalized spacial score (nSPS) is 23.4. The number of ether oxygens (including phenoxy) is 2. The molecule has 0 saturated carbocycles. The molecule has 1 aromatic rings. The van der Waals surface area contributed by atoms with Crippen LogP contribution < -0.4 is 10.4 Å². The number of carbonyl (C=O) groups excluding carboxylic acids is 3. The van der Waals surface area contributed by atoms with Crippen LogP contribution in [0.15, 0.2) is 24.5 Å². The van der Waals surface area contributed by atoms with Gasteiger partial charge in [-0.1, -0.05) is 13.8 Å². The fourth-order valence-electron chi connectivity index (χ4n) is 2.67. The van der Waals surface area contributed by atoms with Crippen LogP contribution in [-0.2, 0) is 44.1 Å². The van der Waals surface area contributed by atoms with Crippen LogP contribution in [0.3, 0.4) is 0 Å². The van der Waals surface area contributed by atoms with Gasteiger partial charge < -0.3 is 14.8 Å². The molecule has 11 nitrogen and oxygen atoms in total. The first kappa shape index (κ1) is 24.9. The van der Waals surface area contributed by atoms with Crippen molar-refractivity contribution in [3.63, 3.8) is 0 Å². The number of aromatic nitrogens is 1. The Bertz CT molecular complexity index is 844. The summed E-state index contributed by atoms with van der Waals surface area (Å²) in [5, 5.41) is 5.04. The molecule has 2 rings (SSSR count). The molecular formula is C19H32N3O8P. The zero-order valence-corrected chi connectivity index (χ0v) is 18.8. The summed E-state index contributed by atoms with van der Waals surface area (Å²) in [6, 6.07) is 2.50. The zero-order valence-electron chi connectivity index (χ0n) is 18.0. The van der Waals surface area contributed by atoms with Gasteiger partial charge >= 0.3 is 19.7 Å². The van der Waals surface area contributed by atoms with E-state index in [2.05, 4.69) is 20.1 Å². The van der Waals surface area contributed by atoms with Crippen molar-refractivity contribution >= 4 is 25.6 Å². The number of pyridine rings is 1. The van der Waals surface area contributed by atoms with E-state index in [1.54, 1.807) is 38.4 Å². The van der Waals surface area contributed by atoms with Crippen molar-refractivity contribution in [2.75, 3.05) is 20.3 Å². The largest absolute Gasteiger partial charge is 0.468 e. The lowest BCUT2D eigenvalue weighted by Gasteiger charge is -2.40. The van der Waals surface area contributed by atoms with Gasteiger partial charge in [-0.25, -0.2) is 9.65 Å². The summed E-state index contributed by atoms with van der Waals surface area (Å²) in [5.74, 6) is -1.69. The standard InChI is InChI=1S/C19H28N3O8P.2H2/c1-13(18(25)27-4)22-31(26)29-12-19(2,3)16(30-31)17(24)21-10-7-15(23)28-11-14-5-8-20-9-6-14;;/h5-6,8-9,13,16H,7,10-12H2,1-4H3,(H,21,24)(H,22,26);2*1H/t13-,16-,31+;;/m0../s1. The van der Waals surface area contributed by atoms with Crippen molar-refractivity contribution in [1.82, 2.24) is 15.4 Å². The summed E-state index contributed by atoms with van der Waals surface area (Å²) in [6.45, 7) is 4.95. The van der Waals surface area contributed by atoms with Gasteiger partial charge in [0.25, 0.3) is 0 Å². The van der Waals surface area contributed by atoms with Crippen molar-refractivity contribution in [2.24, 2.45) is 5.41 Å². The number of amides is 1. The topological polar surface area (TPSA) is 142 Å². The second-order valence-electron chi connectivity index (χ2n) is 7.68. The molecule has 31 heavy (non-hydrogen) atoms. The first-order valence-corrected chi connectivity index (χ1v) is 11.2. The minimum Gasteiger partial charge on any atom is -0.468 e. The molecule has 2 N–H and O–H groups in total. The van der Waals surface area contributed by atoms with E-state index >= 15 is 0 Å². The van der Waals surface area contributed by atoms with Gasteiger partial charge in [-0.2, -0.15) is 0 Å². The summed E-state index contributed by atoms with van der Waals surface area (Å²) in [5.41, 5.74) is 0.00456. The fraction of sp³-hybridized carbons (Fsp3) is 0.579. The monoisotopic (exact) mass is 461 g/mol. The van der Waals surface area contributed by atoms with E-state index in [1.807, 2.05) is 0 Å². The molecule has 0 bridgehead atoms. The number of carbonyl (C=O) groups is 3. The number of hydrogen-bond acceptors (Lipinski definition) is 9. The van der Waals surface area contributed by atoms with Crippen molar-refractivity contribution < 1.29 is 40.3 Å². The molecular weight excluding hydrogens is 429 g/mol. The van der Waals surface area contributed by atoms with Gasteiger partial charge in [-0.05, 0) is 24.6 Å². The molecule has 1 saturated heterocycles. The highest BCUT2D eigenvalue weighted by Crippen LogP contribution is 2.53. The molecule has 1 aliphatic rings. The predicted molar refractivity (Wildman–Crippen MR) is 113 cm³/mol. The molecule has 1 amide bonds. The number of nitrogens with one attached hydrogen (secondary N) is 2. The number of esters is 2. The average Bonchev–Trinajstić information content (AvgIpc) is 2.74. The molecule has 0 aromatic carbocycles. The van der Waals surface area contributed by atoms with Crippen LogP contribution in [0.25, 0.3) is 0 Å². The molecule has 1 aliphatic heterocycles. The summed E-state index contributed by atoms with van der Waals surface area (Å²) in [4.78, 5) is 40.0. The first-order chi connectivity index (χ1) is 14.6. The maximum absolute atomic E-state index is 12.8. The quantitative estimate of drug-likeness (QED) is 0.413. The smallest absolute Gasteiger partial charge is 0.407 e. The SMILES string of the molecule is COC(=O)[C@H](C)N[P@@]1(=O)OCC(C)(C)[C@H](C(=O)NCCC(=O)OCc2ccncc2)O1.[HH].[HH]. The van der Waals surface area contributed by atoms with E-state index in [-0.39, 0.29) is 29.0 Å². The molecule has 0 spiro atoms. The molecule has 176 valence electrons. The average molecular weight is 461 g/mol. The van der Waals surface area contributed by atoms with E-state index in [0.717, 1.165) is 5.56 Å². The summed E-state index contributed by atoms with van der Waals surface area (Å²) >= 11 is 0. The third-order valence-corrected chi connectivity index (χ3v) is 6.14. The third kappa shape index (κ3) is 7.39. The Morgan fingerprint density at radius 1 is 1.35 bits per heavy atom. The van der Waals surface area contributed by atoms with Crippen LogP contribution in [0.2, 0.25) is 0 Å². The second kappa shape index (κ2) is 10.8. The van der Waals surface area contributed by atoms with Gasteiger partial charge in [0.2, 0.25) is 5.91 Å². The highest BCUT2D eigenvalue weighted by atomic mass is 31.2. The van der Waals surface area contributed by atoms with Gasteiger partial charge in [0.05, 0.1) is 20.1 Å². The number of hydrogen-bond donors (Lipinski definition) is 2. The van der Waals surface area contributed by atoms with Crippen LogP contribution in [0.4, 0.5) is 0 Å². The van der Waals surface area contributed by atoms with Crippen molar-refractivity contribution in [3.8, 4) is 0 Å². The number of methoxy groups -OCH3 is 1. The molecule has 0 aliphatic carbocycles. The van der Waals surface area contributed by atoms with E-state index in [1.165, 1.54) is 14.0 Å². The van der Waals surface area contributed by atoms with Crippen LogP contribution in [0, 0.1) is 5.41 Å². The fourth-order valence-corrected chi connectivity index (χ4v) is 4.61. The maximum atomic E-state index is 12.8. The highest BCUT2D eigenvalue weighted by Gasteiger charge is 2.48. The van der Waals surface area contributed by atoms with Gasteiger partial charge in [0, 0.05) is 27.2 Å². The van der Waals surface area contributed by atoms with Gasteiger partial charge in [0.15, 0.2) is 6.10 Å². The highest BCUT2D eigenvalue weighted by molar-refractivity contribution is 7.51. The predicted octanol–water partition coefficient (Wildman–Crippen LogP) is 1.82. The van der Waals surface area contributed by atoms with Crippen LogP contribution in [-0.4, -0.2) is 55.2 Å². The Kier molecular flexibility index (Phi) is 8.69. The molecule has 1 aromatic heterocycles. The van der Waals surface area contributed by atoms with Gasteiger partial charge in [-0.3, -0.25) is 28.4 Å². The van der Waals surface area contributed by atoms with Crippen LogP contribution in [0.5, 0.6) is 0 Å². The van der Waals surface area contributed by atoms with Crippen LogP contribution >= 0.6 is 7.75 Å².